The SMILES string of the molecule is COc1ccc(C(C)(C)C)cc1/C(O)=C1\C(=O)C(=O)N(c2cc(Cl)cc(Cl)c2)C1c1ccc(O)cc1. The first-order chi connectivity index (χ1) is 16.9. The van der Waals surface area contributed by atoms with E-state index in [2.05, 4.69) is 0 Å². The summed E-state index contributed by atoms with van der Waals surface area (Å²) in [4.78, 5) is 28.1. The number of Topliss-reactive ketones (excluding diaryl/α,β-unsaturated/α-hetero) is 1. The minimum absolute atomic E-state index is 0.0149. The van der Waals surface area contributed by atoms with Crippen LogP contribution in [0.2, 0.25) is 10.0 Å². The van der Waals surface area contributed by atoms with Gasteiger partial charge in [-0.15, -0.1) is 0 Å². The van der Waals surface area contributed by atoms with Gasteiger partial charge in [0.15, 0.2) is 0 Å². The molecule has 1 saturated heterocycles. The summed E-state index contributed by atoms with van der Waals surface area (Å²) in [7, 11) is 1.47. The Balaban J connectivity index is 2.01. The van der Waals surface area contributed by atoms with Crippen LogP contribution >= 0.6 is 23.2 Å². The molecule has 36 heavy (non-hydrogen) atoms. The van der Waals surface area contributed by atoms with Gasteiger partial charge < -0.3 is 14.9 Å². The first-order valence-corrected chi connectivity index (χ1v) is 11.9. The molecule has 0 aliphatic carbocycles. The standard InChI is InChI=1S/C28H25Cl2NO5/c1-28(2,3)16-7-10-22(36-4)21(11-16)25(33)23-24(15-5-8-20(32)9-6-15)31(27(35)26(23)34)19-13-17(29)12-18(30)14-19/h5-14,24,32-33H,1-4H3/b25-23+. The van der Waals surface area contributed by atoms with Gasteiger partial charge in [-0.05, 0) is 59.0 Å². The van der Waals surface area contributed by atoms with Gasteiger partial charge in [0.25, 0.3) is 11.7 Å². The van der Waals surface area contributed by atoms with Crippen molar-refractivity contribution < 1.29 is 24.5 Å². The molecule has 3 aromatic rings. The number of ether oxygens (including phenoxy) is 1. The lowest BCUT2D eigenvalue weighted by atomic mass is 9.85. The molecule has 2 N–H and O–H groups in total. The molecule has 0 radical (unpaired) electrons. The van der Waals surface area contributed by atoms with Gasteiger partial charge in [0.05, 0.1) is 24.3 Å². The van der Waals surface area contributed by atoms with Crippen molar-refractivity contribution in [3.05, 3.63) is 93.0 Å². The van der Waals surface area contributed by atoms with E-state index in [1.54, 1.807) is 24.3 Å². The monoisotopic (exact) mass is 525 g/mol. The summed E-state index contributed by atoms with van der Waals surface area (Å²) in [5.41, 5.74) is 1.61. The maximum atomic E-state index is 13.4. The summed E-state index contributed by atoms with van der Waals surface area (Å²) in [6.45, 7) is 6.07. The third-order valence-electron chi connectivity index (χ3n) is 6.10. The van der Waals surface area contributed by atoms with Gasteiger partial charge >= 0.3 is 0 Å². The number of anilines is 1. The zero-order valence-electron chi connectivity index (χ0n) is 20.2. The van der Waals surface area contributed by atoms with Gasteiger partial charge in [0, 0.05) is 15.7 Å². The van der Waals surface area contributed by atoms with Crippen LogP contribution in [-0.4, -0.2) is 29.0 Å². The summed E-state index contributed by atoms with van der Waals surface area (Å²) in [5, 5.41) is 22.0. The van der Waals surface area contributed by atoms with Crippen molar-refractivity contribution in [1.29, 1.82) is 0 Å². The van der Waals surface area contributed by atoms with E-state index in [1.165, 1.54) is 42.3 Å². The number of phenols is 1. The summed E-state index contributed by atoms with van der Waals surface area (Å²) in [5.74, 6) is -1.73. The highest BCUT2D eigenvalue weighted by Gasteiger charge is 2.47. The molecule has 1 unspecified atom stereocenters. The second-order valence-electron chi connectivity index (χ2n) is 9.55. The van der Waals surface area contributed by atoms with Gasteiger partial charge in [-0.25, -0.2) is 0 Å². The first-order valence-electron chi connectivity index (χ1n) is 11.2. The summed E-state index contributed by atoms with van der Waals surface area (Å²) >= 11 is 12.4. The zero-order chi connectivity index (χ0) is 26.4. The van der Waals surface area contributed by atoms with Gasteiger partial charge in [-0.1, -0.05) is 62.2 Å². The number of aliphatic hydroxyl groups is 1. The van der Waals surface area contributed by atoms with Crippen LogP contribution < -0.4 is 9.64 Å². The Kier molecular flexibility index (Phi) is 6.78. The largest absolute Gasteiger partial charge is 0.508 e. The van der Waals surface area contributed by atoms with Gasteiger partial charge in [-0.3, -0.25) is 14.5 Å². The molecule has 4 rings (SSSR count). The third kappa shape index (κ3) is 4.66. The van der Waals surface area contributed by atoms with E-state index in [0.29, 0.717) is 17.0 Å². The van der Waals surface area contributed by atoms with Crippen LogP contribution in [0.5, 0.6) is 11.5 Å². The van der Waals surface area contributed by atoms with Gasteiger partial charge in [0.1, 0.15) is 17.3 Å². The second-order valence-corrected chi connectivity index (χ2v) is 10.4. The molecule has 1 fully saturated rings. The molecule has 0 bridgehead atoms. The van der Waals surface area contributed by atoms with Crippen LogP contribution in [0.4, 0.5) is 5.69 Å². The molecular weight excluding hydrogens is 501 g/mol. The topological polar surface area (TPSA) is 87.1 Å². The fourth-order valence-electron chi connectivity index (χ4n) is 4.25. The minimum Gasteiger partial charge on any atom is -0.508 e. The van der Waals surface area contributed by atoms with E-state index in [0.717, 1.165) is 5.56 Å². The van der Waals surface area contributed by atoms with E-state index >= 15 is 0 Å². The molecule has 0 aromatic heterocycles. The minimum atomic E-state index is -1.01. The lowest BCUT2D eigenvalue weighted by Crippen LogP contribution is -2.29. The van der Waals surface area contributed by atoms with Crippen molar-refractivity contribution >= 4 is 46.3 Å². The Bertz CT molecular complexity index is 1370. The van der Waals surface area contributed by atoms with E-state index in [-0.39, 0.29) is 38.1 Å². The number of hydrogen-bond acceptors (Lipinski definition) is 5. The van der Waals surface area contributed by atoms with Crippen molar-refractivity contribution in [2.24, 2.45) is 0 Å². The molecule has 1 aliphatic rings. The van der Waals surface area contributed by atoms with Crippen LogP contribution in [-0.2, 0) is 15.0 Å². The average molecular weight is 526 g/mol. The van der Waals surface area contributed by atoms with Crippen LogP contribution in [0.25, 0.3) is 5.76 Å². The number of aromatic hydroxyl groups is 1. The van der Waals surface area contributed by atoms with Gasteiger partial charge in [-0.2, -0.15) is 0 Å². The highest BCUT2D eigenvalue weighted by atomic mass is 35.5. The maximum Gasteiger partial charge on any atom is 0.300 e. The van der Waals surface area contributed by atoms with Crippen molar-refractivity contribution in [1.82, 2.24) is 0 Å². The van der Waals surface area contributed by atoms with Crippen LogP contribution in [0.15, 0.2) is 66.2 Å². The number of benzene rings is 3. The fourth-order valence-corrected chi connectivity index (χ4v) is 4.77. The molecule has 186 valence electrons. The Hall–Kier alpha value is -3.48. The van der Waals surface area contributed by atoms with E-state index in [1.807, 2.05) is 26.8 Å². The van der Waals surface area contributed by atoms with Crippen molar-refractivity contribution in [3.63, 3.8) is 0 Å². The van der Waals surface area contributed by atoms with Crippen LogP contribution in [0.1, 0.15) is 43.5 Å². The molecule has 1 amide bonds. The normalized spacial score (nSPS) is 17.5. The maximum absolute atomic E-state index is 13.4. The molecule has 6 nitrogen and oxygen atoms in total. The molecule has 1 atom stereocenters. The summed E-state index contributed by atoms with van der Waals surface area (Å²) < 4.78 is 5.48. The molecular formula is C28H25Cl2NO5. The smallest absolute Gasteiger partial charge is 0.300 e. The number of nitrogens with zero attached hydrogens (tertiary/aromatic N) is 1. The number of ketones is 1. The molecule has 3 aromatic carbocycles. The number of phenolic OH excluding ortho intramolecular Hbond substituents is 1. The Morgan fingerprint density at radius 2 is 1.56 bits per heavy atom. The Morgan fingerprint density at radius 3 is 2.11 bits per heavy atom. The third-order valence-corrected chi connectivity index (χ3v) is 6.54. The van der Waals surface area contributed by atoms with E-state index < -0.39 is 17.7 Å². The number of aliphatic hydroxyl groups excluding tert-OH is 1. The van der Waals surface area contributed by atoms with E-state index in [9.17, 15) is 19.8 Å². The van der Waals surface area contributed by atoms with Crippen molar-refractivity contribution in [2.75, 3.05) is 12.0 Å². The predicted molar refractivity (Wildman–Crippen MR) is 141 cm³/mol. The highest BCUT2D eigenvalue weighted by Crippen LogP contribution is 2.45. The lowest BCUT2D eigenvalue weighted by Gasteiger charge is -2.26. The summed E-state index contributed by atoms with van der Waals surface area (Å²) in [6, 6.07) is 15.0. The highest BCUT2D eigenvalue weighted by molar-refractivity contribution is 6.52. The fraction of sp³-hybridized carbons (Fsp3) is 0.214. The number of hydrogen-bond donors (Lipinski definition) is 2. The molecule has 0 spiro atoms. The van der Waals surface area contributed by atoms with E-state index in [4.69, 9.17) is 27.9 Å². The number of amides is 1. The summed E-state index contributed by atoms with van der Waals surface area (Å²) in [6.07, 6.45) is 0. The molecule has 8 heteroatoms. The molecule has 1 aliphatic heterocycles. The van der Waals surface area contributed by atoms with Crippen LogP contribution in [0, 0.1) is 0 Å². The molecule has 0 saturated carbocycles. The number of rotatable bonds is 4. The Morgan fingerprint density at radius 1 is 0.944 bits per heavy atom. The van der Waals surface area contributed by atoms with Crippen LogP contribution in [0.3, 0.4) is 0 Å². The first kappa shape index (κ1) is 25.6. The predicted octanol–water partition coefficient (Wildman–Crippen LogP) is 6.63. The van der Waals surface area contributed by atoms with Gasteiger partial charge in [0.2, 0.25) is 0 Å². The number of carbonyl (C=O) groups is 2. The average Bonchev–Trinajstić information content (AvgIpc) is 3.08. The zero-order valence-corrected chi connectivity index (χ0v) is 21.7. The number of halogens is 2. The second kappa shape index (κ2) is 9.52. The number of methoxy groups -OCH3 is 1. The quantitative estimate of drug-likeness (QED) is 0.226. The number of carbonyl (C=O) groups excluding carboxylic acids is 2. The molecule has 1 heterocycles. The Labute approximate surface area is 219 Å². The lowest BCUT2D eigenvalue weighted by molar-refractivity contribution is -0.132. The van der Waals surface area contributed by atoms with Crippen molar-refractivity contribution in [3.8, 4) is 11.5 Å². The van der Waals surface area contributed by atoms with Crippen molar-refractivity contribution in [2.45, 2.75) is 32.2 Å².